The zero-order chi connectivity index (χ0) is 17.1. The molecule has 0 atom stereocenters. The average molecular weight is 328 g/mol. The molecule has 4 nitrogen and oxygen atoms in total. The third-order valence-electron chi connectivity index (χ3n) is 3.97. The second kappa shape index (κ2) is 6.61. The number of nitrogens with zero attached hydrogens (tertiary/aromatic N) is 2. The molecule has 0 spiro atoms. The quantitative estimate of drug-likeness (QED) is 0.524. The summed E-state index contributed by atoms with van der Waals surface area (Å²) in [5.74, 6) is 1.82. The molecule has 0 aliphatic rings. The SMILES string of the molecule is COc1cc(-c2ccccc2)c(-c2ncc(-c3ccccc3)o2)cn1. The molecular weight excluding hydrogens is 312 g/mol. The zero-order valence-electron chi connectivity index (χ0n) is 13.7. The van der Waals surface area contributed by atoms with Crippen LogP contribution in [0.1, 0.15) is 0 Å². The maximum absolute atomic E-state index is 6.00. The van der Waals surface area contributed by atoms with Gasteiger partial charge in [-0.3, -0.25) is 0 Å². The Bertz CT molecular complexity index is 979. The lowest BCUT2D eigenvalue weighted by molar-refractivity contribution is 0.398. The summed E-state index contributed by atoms with van der Waals surface area (Å²) in [5.41, 5.74) is 3.84. The first-order valence-corrected chi connectivity index (χ1v) is 7.96. The molecule has 0 aliphatic heterocycles. The van der Waals surface area contributed by atoms with E-state index in [2.05, 4.69) is 9.97 Å². The number of aromatic nitrogens is 2. The highest BCUT2D eigenvalue weighted by molar-refractivity contribution is 5.80. The molecule has 0 radical (unpaired) electrons. The Labute approximate surface area is 145 Å². The minimum absolute atomic E-state index is 0.535. The molecule has 2 aromatic carbocycles. The minimum atomic E-state index is 0.535. The summed E-state index contributed by atoms with van der Waals surface area (Å²) >= 11 is 0. The highest BCUT2D eigenvalue weighted by Gasteiger charge is 2.15. The lowest BCUT2D eigenvalue weighted by Crippen LogP contribution is -1.92. The molecular formula is C21H16N2O2. The van der Waals surface area contributed by atoms with Gasteiger partial charge in [0, 0.05) is 23.4 Å². The van der Waals surface area contributed by atoms with Crippen molar-refractivity contribution in [3.05, 3.63) is 79.1 Å². The fraction of sp³-hybridized carbons (Fsp3) is 0.0476. The summed E-state index contributed by atoms with van der Waals surface area (Å²) in [6.45, 7) is 0. The van der Waals surface area contributed by atoms with Gasteiger partial charge in [-0.25, -0.2) is 9.97 Å². The summed E-state index contributed by atoms with van der Waals surface area (Å²) in [6, 6.07) is 21.9. The van der Waals surface area contributed by atoms with Crippen LogP contribution in [0, 0.1) is 0 Å². The first kappa shape index (κ1) is 15.1. The Morgan fingerprint density at radius 1 is 0.760 bits per heavy atom. The van der Waals surface area contributed by atoms with E-state index >= 15 is 0 Å². The van der Waals surface area contributed by atoms with Gasteiger partial charge in [0.05, 0.1) is 18.9 Å². The molecule has 0 unspecified atom stereocenters. The number of benzene rings is 2. The van der Waals surface area contributed by atoms with Gasteiger partial charge in [-0.05, 0) is 5.56 Å². The first-order chi connectivity index (χ1) is 12.3. The molecule has 0 amide bonds. The van der Waals surface area contributed by atoms with Gasteiger partial charge in [0.15, 0.2) is 5.76 Å². The Kier molecular flexibility index (Phi) is 4.01. The number of hydrogen-bond donors (Lipinski definition) is 0. The lowest BCUT2D eigenvalue weighted by atomic mass is 10.0. The summed E-state index contributed by atoms with van der Waals surface area (Å²) in [6.07, 6.45) is 3.48. The normalized spacial score (nSPS) is 10.6. The fourth-order valence-electron chi connectivity index (χ4n) is 2.71. The third-order valence-corrected chi connectivity index (χ3v) is 3.97. The number of rotatable bonds is 4. The second-order valence-corrected chi connectivity index (χ2v) is 5.53. The van der Waals surface area contributed by atoms with E-state index in [1.807, 2.05) is 66.7 Å². The van der Waals surface area contributed by atoms with Crippen molar-refractivity contribution in [3.8, 4) is 39.8 Å². The topological polar surface area (TPSA) is 48.2 Å². The van der Waals surface area contributed by atoms with Gasteiger partial charge < -0.3 is 9.15 Å². The van der Waals surface area contributed by atoms with Gasteiger partial charge in [0.1, 0.15) is 0 Å². The van der Waals surface area contributed by atoms with E-state index in [1.54, 1.807) is 19.5 Å². The molecule has 0 N–H and O–H groups in total. The molecule has 0 bridgehead atoms. The summed E-state index contributed by atoms with van der Waals surface area (Å²) in [5, 5.41) is 0. The van der Waals surface area contributed by atoms with Crippen LogP contribution in [0.15, 0.2) is 83.5 Å². The maximum atomic E-state index is 6.00. The standard InChI is InChI=1S/C21H16N2O2/c1-24-20-12-17(15-8-4-2-5-9-15)18(13-22-20)21-23-14-19(25-21)16-10-6-3-7-11-16/h2-14H,1H3. The van der Waals surface area contributed by atoms with Gasteiger partial charge in [-0.2, -0.15) is 0 Å². The highest BCUT2D eigenvalue weighted by atomic mass is 16.5. The van der Waals surface area contributed by atoms with Crippen LogP contribution in [-0.4, -0.2) is 17.1 Å². The molecule has 2 heterocycles. The van der Waals surface area contributed by atoms with Gasteiger partial charge in [0.25, 0.3) is 0 Å². The number of hydrogen-bond acceptors (Lipinski definition) is 4. The van der Waals surface area contributed by atoms with Crippen LogP contribution < -0.4 is 4.74 Å². The number of pyridine rings is 1. The average Bonchev–Trinajstić information content (AvgIpc) is 3.19. The van der Waals surface area contributed by atoms with Crippen molar-refractivity contribution >= 4 is 0 Å². The number of oxazole rings is 1. The van der Waals surface area contributed by atoms with Crippen LogP contribution in [0.5, 0.6) is 5.88 Å². The van der Waals surface area contributed by atoms with E-state index < -0.39 is 0 Å². The molecule has 0 fully saturated rings. The molecule has 0 saturated heterocycles. The largest absolute Gasteiger partial charge is 0.481 e. The molecule has 4 heteroatoms. The summed E-state index contributed by atoms with van der Waals surface area (Å²) in [4.78, 5) is 8.78. The van der Waals surface area contributed by atoms with Gasteiger partial charge >= 0.3 is 0 Å². The van der Waals surface area contributed by atoms with Crippen molar-refractivity contribution in [3.63, 3.8) is 0 Å². The van der Waals surface area contributed by atoms with Crippen LogP contribution in [0.2, 0.25) is 0 Å². The third kappa shape index (κ3) is 3.02. The van der Waals surface area contributed by atoms with Crippen molar-refractivity contribution in [2.45, 2.75) is 0 Å². The van der Waals surface area contributed by atoms with E-state index in [4.69, 9.17) is 9.15 Å². The molecule has 122 valence electrons. The van der Waals surface area contributed by atoms with E-state index in [0.717, 1.165) is 28.0 Å². The van der Waals surface area contributed by atoms with Crippen LogP contribution in [0.25, 0.3) is 33.9 Å². The molecule has 0 aliphatic carbocycles. The van der Waals surface area contributed by atoms with E-state index in [-0.39, 0.29) is 0 Å². The van der Waals surface area contributed by atoms with Crippen LogP contribution >= 0.6 is 0 Å². The van der Waals surface area contributed by atoms with Gasteiger partial charge in [0.2, 0.25) is 11.8 Å². The Balaban J connectivity index is 1.82. The van der Waals surface area contributed by atoms with Crippen LogP contribution in [-0.2, 0) is 0 Å². The molecule has 2 aromatic heterocycles. The lowest BCUT2D eigenvalue weighted by Gasteiger charge is -2.08. The smallest absolute Gasteiger partial charge is 0.228 e. The highest BCUT2D eigenvalue weighted by Crippen LogP contribution is 2.34. The van der Waals surface area contributed by atoms with Crippen molar-refractivity contribution in [1.29, 1.82) is 0 Å². The Morgan fingerprint density at radius 2 is 1.44 bits per heavy atom. The first-order valence-electron chi connectivity index (χ1n) is 7.96. The Hall–Kier alpha value is -3.40. The fourth-order valence-corrected chi connectivity index (χ4v) is 2.71. The summed E-state index contributed by atoms with van der Waals surface area (Å²) in [7, 11) is 1.61. The number of methoxy groups -OCH3 is 1. The van der Waals surface area contributed by atoms with Gasteiger partial charge in [-0.15, -0.1) is 0 Å². The van der Waals surface area contributed by atoms with Crippen molar-refractivity contribution in [1.82, 2.24) is 9.97 Å². The van der Waals surface area contributed by atoms with Crippen molar-refractivity contribution in [2.75, 3.05) is 7.11 Å². The van der Waals surface area contributed by atoms with E-state index in [9.17, 15) is 0 Å². The van der Waals surface area contributed by atoms with Crippen molar-refractivity contribution < 1.29 is 9.15 Å². The summed E-state index contributed by atoms with van der Waals surface area (Å²) < 4.78 is 11.3. The molecule has 4 aromatic rings. The number of ether oxygens (including phenoxy) is 1. The zero-order valence-corrected chi connectivity index (χ0v) is 13.7. The monoisotopic (exact) mass is 328 g/mol. The molecule has 25 heavy (non-hydrogen) atoms. The molecule has 0 saturated carbocycles. The van der Waals surface area contributed by atoms with Crippen molar-refractivity contribution in [2.24, 2.45) is 0 Å². The van der Waals surface area contributed by atoms with Crippen LogP contribution in [0.3, 0.4) is 0 Å². The second-order valence-electron chi connectivity index (χ2n) is 5.53. The van der Waals surface area contributed by atoms with Gasteiger partial charge in [-0.1, -0.05) is 60.7 Å². The minimum Gasteiger partial charge on any atom is -0.481 e. The molecule has 4 rings (SSSR count). The van der Waals surface area contributed by atoms with Crippen LogP contribution in [0.4, 0.5) is 0 Å². The van der Waals surface area contributed by atoms with E-state index in [1.165, 1.54) is 0 Å². The maximum Gasteiger partial charge on any atom is 0.228 e. The Morgan fingerprint density at radius 3 is 2.12 bits per heavy atom. The predicted octanol–water partition coefficient (Wildman–Crippen LogP) is 5.08. The van der Waals surface area contributed by atoms with E-state index in [0.29, 0.717) is 11.8 Å². The predicted molar refractivity (Wildman–Crippen MR) is 97.2 cm³/mol.